The van der Waals surface area contributed by atoms with Crippen molar-refractivity contribution in [1.82, 2.24) is 0 Å². The van der Waals surface area contributed by atoms with E-state index < -0.39 is 10.8 Å². The third kappa shape index (κ3) is 1.83. The second-order valence-corrected chi connectivity index (χ2v) is 7.84. The zero-order valence-electron chi connectivity index (χ0n) is 11.2. The minimum atomic E-state index is -1.00. The van der Waals surface area contributed by atoms with Gasteiger partial charge in [-0.25, -0.2) is 0 Å². The smallest absolute Gasteiger partial charge is 0.153 e. The van der Waals surface area contributed by atoms with Crippen LogP contribution in [-0.4, -0.2) is 15.2 Å². The fourth-order valence-electron chi connectivity index (χ4n) is 3.74. The molecule has 4 atom stereocenters. The Labute approximate surface area is 106 Å². The summed E-state index contributed by atoms with van der Waals surface area (Å²) < 4.78 is 12.3. The fraction of sp³-hybridized carbons (Fsp3) is 0.786. The van der Waals surface area contributed by atoms with Crippen LogP contribution in [0.4, 0.5) is 0 Å². The molecule has 0 aromatic rings. The summed E-state index contributed by atoms with van der Waals surface area (Å²) in [6, 6.07) is 0. The van der Waals surface area contributed by atoms with Crippen LogP contribution in [0.2, 0.25) is 0 Å². The molecule has 0 aliphatic heterocycles. The van der Waals surface area contributed by atoms with Crippen LogP contribution >= 0.6 is 0 Å². The molecule has 17 heavy (non-hydrogen) atoms. The van der Waals surface area contributed by atoms with Crippen LogP contribution in [0.15, 0.2) is 11.5 Å². The van der Waals surface area contributed by atoms with Gasteiger partial charge in [-0.05, 0) is 49.0 Å². The van der Waals surface area contributed by atoms with Crippen molar-refractivity contribution < 1.29 is 9.00 Å². The Morgan fingerprint density at radius 1 is 1.35 bits per heavy atom. The van der Waals surface area contributed by atoms with Crippen LogP contribution in [-0.2, 0) is 15.6 Å². The van der Waals surface area contributed by atoms with Gasteiger partial charge < -0.3 is 0 Å². The highest BCUT2D eigenvalue weighted by Gasteiger charge is 2.62. The molecule has 96 valence electrons. The number of allylic oxidation sites excluding steroid dienone is 1. The summed E-state index contributed by atoms with van der Waals surface area (Å²) in [6.07, 6.45) is 4.96. The van der Waals surface area contributed by atoms with Crippen molar-refractivity contribution in [2.45, 2.75) is 52.2 Å². The van der Waals surface area contributed by atoms with Gasteiger partial charge in [-0.1, -0.05) is 20.8 Å². The van der Waals surface area contributed by atoms with Crippen molar-refractivity contribution >= 4 is 16.6 Å². The summed E-state index contributed by atoms with van der Waals surface area (Å²) in [5.41, 5.74) is 0.459. The Bertz CT molecular complexity index is 397. The maximum atomic E-state index is 12.3. The number of rotatable bonds is 3. The molecule has 0 aromatic heterocycles. The summed E-state index contributed by atoms with van der Waals surface area (Å²) in [6.45, 7) is 8.41. The Morgan fingerprint density at radius 3 is 2.41 bits per heavy atom. The zero-order valence-corrected chi connectivity index (χ0v) is 12.0. The number of hydrogen-bond acceptors (Lipinski definition) is 2. The van der Waals surface area contributed by atoms with Crippen LogP contribution in [0, 0.1) is 16.7 Å². The summed E-state index contributed by atoms with van der Waals surface area (Å²) in [5, 5.41) is 1.83. The van der Waals surface area contributed by atoms with Crippen molar-refractivity contribution in [2.75, 3.05) is 0 Å². The largest absolute Gasteiger partial charge is 0.295 e. The molecule has 2 nitrogen and oxygen atoms in total. The highest BCUT2D eigenvalue weighted by molar-refractivity contribution is 7.88. The van der Waals surface area contributed by atoms with E-state index in [0.29, 0.717) is 5.92 Å². The van der Waals surface area contributed by atoms with E-state index in [1.165, 1.54) is 25.8 Å². The Kier molecular flexibility index (Phi) is 3.09. The van der Waals surface area contributed by atoms with Crippen LogP contribution in [0.5, 0.6) is 0 Å². The summed E-state index contributed by atoms with van der Waals surface area (Å²) >= 11 is 0. The third-order valence-corrected chi connectivity index (χ3v) is 7.11. The fourth-order valence-corrected chi connectivity index (χ4v) is 5.61. The van der Waals surface area contributed by atoms with E-state index in [4.69, 9.17) is 0 Å². The lowest BCUT2D eigenvalue weighted by molar-refractivity contribution is -0.112. The molecule has 0 N–H and O–H groups in total. The first kappa shape index (κ1) is 13.0. The monoisotopic (exact) mass is 254 g/mol. The molecule has 2 fully saturated rings. The van der Waals surface area contributed by atoms with E-state index in [-0.39, 0.29) is 21.9 Å². The molecule has 0 saturated heterocycles. The van der Waals surface area contributed by atoms with Crippen LogP contribution in [0.25, 0.3) is 0 Å². The van der Waals surface area contributed by atoms with Gasteiger partial charge in [0, 0.05) is 21.5 Å². The van der Waals surface area contributed by atoms with E-state index in [0.717, 1.165) is 6.42 Å². The number of fused-ring (bicyclic) bond motifs is 2. The lowest BCUT2D eigenvalue weighted by Gasteiger charge is -2.38. The molecule has 0 amide bonds. The maximum Gasteiger partial charge on any atom is 0.153 e. The molecular weight excluding hydrogens is 232 g/mol. The van der Waals surface area contributed by atoms with Crippen LogP contribution < -0.4 is 0 Å². The highest BCUT2D eigenvalue weighted by Crippen LogP contribution is 2.66. The highest BCUT2D eigenvalue weighted by atomic mass is 32.2. The molecule has 2 saturated carbocycles. The molecule has 2 aliphatic carbocycles. The molecule has 0 aromatic carbocycles. The van der Waals surface area contributed by atoms with Gasteiger partial charge in [-0.2, -0.15) is 0 Å². The molecule has 2 aliphatic rings. The first-order chi connectivity index (χ1) is 7.79. The zero-order chi connectivity index (χ0) is 12.8. The van der Waals surface area contributed by atoms with Gasteiger partial charge in [0.25, 0.3) is 0 Å². The lowest BCUT2D eigenvalue weighted by Crippen LogP contribution is -2.37. The SMILES string of the molecule is CC(=O)/C=C/[S@@](=O)[C@H]1C[C@@H]2CC[C@@]1(C)C2(C)C. The van der Waals surface area contributed by atoms with Crippen LogP contribution in [0.1, 0.15) is 47.0 Å². The van der Waals surface area contributed by atoms with Crippen molar-refractivity contribution in [2.24, 2.45) is 16.7 Å². The Balaban J connectivity index is 2.21. The lowest BCUT2D eigenvalue weighted by atomic mass is 9.71. The van der Waals surface area contributed by atoms with E-state index in [1.807, 2.05) is 0 Å². The summed E-state index contributed by atoms with van der Waals surface area (Å²) in [5.74, 6) is 0.679. The number of carbonyl (C=O) groups excluding carboxylic acids is 1. The molecule has 2 bridgehead atoms. The standard InChI is InChI=1S/C14H22O2S/c1-10(15)6-8-17(16)12-9-11-5-7-14(12,4)13(11,2)3/h6,8,11-12H,5,7,9H2,1-4H3/b8-6+/t11-,12-,14+,17+/m0/s1. The van der Waals surface area contributed by atoms with E-state index in [9.17, 15) is 9.00 Å². The van der Waals surface area contributed by atoms with Gasteiger partial charge in [-0.15, -0.1) is 0 Å². The van der Waals surface area contributed by atoms with Gasteiger partial charge in [0.2, 0.25) is 0 Å². The van der Waals surface area contributed by atoms with Crippen molar-refractivity contribution in [3.8, 4) is 0 Å². The van der Waals surface area contributed by atoms with Crippen molar-refractivity contribution in [3.63, 3.8) is 0 Å². The Morgan fingerprint density at radius 2 is 2.00 bits per heavy atom. The van der Waals surface area contributed by atoms with Gasteiger partial charge in [0.1, 0.15) is 0 Å². The van der Waals surface area contributed by atoms with E-state index in [1.54, 1.807) is 5.41 Å². The molecule has 0 heterocycles. The van der Waals surface area contributed by atoms with E-state index >= 15 is 0 Å². The van der Waals surface area contributed by atoms with Gasteiger partial charge in [0.05, 0.1) is 0 Å². The minimum absolute atomic E-state index is 0.0223. The van der Waals surface area contributed by atoms with E-state index in [2.05, 4.69) is 20.8 Å². The van der Waals surface area contributed by atoms with Crippen molar-refractivity contribution in [3.05, 3.63) is 11.5 Å². The second kappa shape index (κ2) is 4.04. The quantitative estimate of drug-likeness (QED) is 0.725. The maximum absolute atomic E-state index is 12.3. The Hall–Kier alpha value is -0.440. The van der Waals surface area contributed by atoms with Gasteiger partial charge in [-0.3, -0.25) is 9.00 Å². The molecule has 2 rings (SSSR count). The minimum Gasteiger partial charge on any atom is -0.295 e. The molecule has 0 spiro atoms. The average molecular weight is 254 g/mol. The second-order valence-electron chi connectivity index (χ2n) is 6.34. The average Bonchev–Trinajstić information content (AvgIpc) is 2.57. The molecular formula is C14H22O2S. The number of carbonyl (C=O) groups is 1. The summed E-state index contributed by atoms with van der Waals surface area (Å²) in [4.78, 5) is 10.9. The molecule has 0 radical (unpaired) electrons. The molecule has 3 heteroatoms. The first-order valence-corrected chi connectivity index (χ1v) is 7.65. The van der Waals surface area contributed by atoms with Crippen molar-refractivity contribution in [1.29, 1.82) is 0 Å². The summed E-state index contributed by atoms with van der Waals surface area (Å²) in [7, 11) is -1.00. The first-order valence-electron chi connectivity index (χ1n) is 6.37. The molecule has 0 unspecified atom stereocenters. The predicted octanol–water partition coefficient (Wildman–Crippen LogP) is 3.05. The number of ketones is 1. The van der Waals surface area contributed by atoms with Gasteiger partial charge in [0.15, 0.2) is 5.78 Å². The van der Waals surface area contributed by atoms with Gasteiger partial charge >= 0.3 is 0 Å². The number of hydrogen-bond donors (Lipinski definition) is 0. The third-order valence-electron chi connectivity index (χ3n) is 5.43. The normalized spacial score (nSPS) is 40.9. The topological polar surface area (TPSA) is 34.1 Å². The van der Waals surface area contributed by atoms with Crippen LogP contribution in [0.3, 0.4) is 0 Å². The predicted molar refractivity (Wildman–Crippen MR) is 71.0 cm³/mol.